The number of hydrogen-bond donors (Lipinski definition) is 1. The maximum absolute atomic E-state index is 13.3. The van der Waals surface area contributed by atoms with E-state index in [9.17, 15) is 15.3 Å². The molecule has 170 valence electrons. The third kappa shape index (κ3) is 3.98. The van der Waals surface area contributed by atoms with Crippen LogP contribution < -0.4 is 24.2 Å². The van der Waals surface area contributed by atoms with Crippen molar-refractivity contribution >= 4 is 60.7 Å². The van der Waals surface area contributed by atoms with E-state index >= 15 is 0 Å². The average Bonchev–Trinajstić information content (AvgIpc) is 3.15. The van der Waals surface area contributed by atoms with E-state index in [0.29, 0.717) is 31.8 Å². The third-order valence-electron chi connectivity index (χ3n) is 5.50. The Morgan fingerprint density at radius 1 is 1.09 bits per heavy atom. The molecule has 0 fully saturated rings. The lowest BCUT2D eigenvalue weighted by molar-refractivity contribution is 0.406. The largest absolute Gasteiger partial charge is 0.496 e. The van der Waals surface area contributed by atoms with E-state index < -0.39 is 17.4 Å². The predicted octanol–water partition coefficient (Wildman–Crippen LogP) is 3.72. The Balaban J connectivity index is 2.07. The molecule has 0 bridgehead atoms. The quantitative estimate of drug-likeness (QED) is 0.491. The average molecular weight is 600 g/mol. The van der Waals surface area contributed by atoms with Crippen molar-refractivity contribution in [3.8, 4) is 23.6 Å². The second-order valence-corrected chi connectivity index (χ2v) is 10.2. The van der Waals surface area contributed by atoms with Crippen LogP contribution in [0.25, 0.3) is 11.6 Å². The van der Waals surface area contributed by atoms with E-state index in [1.807, 2.05) is 12.1 Å². The normalized spacial score (nSPS) is 17.6. The van der Waals surface area contributed by atoms with Crippen LogP contribution in [0.2, 0.25) is 0 Å². The second-order valence-electron chi connectivity index (χ2n) is 7.32. The highest BCUT2D eigenvalue weighted by Crippen LogP contribution is 2.40. The number of benzene rings is 2. The summed E-state index contributed by atoms with van der Waals surface area (Å²) in [6.07, 6.45) is 1.67. The number of fused-ring (bicyclic) bond motifs is 1. The summed E-state index contributed by atoms with van der Waals surface area (Å²) in [5.74, 6) is -0.921. The molecule has 0 aliphatic carbocycles. The molecule has 1 aromatic heterocycles. The first kappa shape index (κ1) is 24.0. The maximum Gasteiger partial charge on any atom is 0.274 e. The number of halogens is 2. The Kier molecular flexibility index (Phi) is 6.76. The van der Waals surface area contributed by atoms with Gasteiger partial charge in [0, 0.05) is 26.0 Å². The zero-order valence-corrected chi connectivity index (χ0v) is 21.9. The van der Waals surface area contributed by atoms with Crippen LogP contribution in [0.5, 0.6) is 11.5 Å². The Labute approximate surface area is 215 Å². The highest BCUT2D eigenvalue weighted by Gasteiger charge is 2.39. The Morgan fingerprint density at radius 3 is 2.35 bits per heavy atom. The summed E-state index contributed by atoms with van der Waals surface area (Å²) in [4.78, 5) is 13.3. The minimum Gasteiger partial charge on any atom is -0.496 e. The van der Waals surface area contributed by atoms with Gasteiger partial charge in [0.05, 0.1) is 36.5 Å². The molecule has 2 aromatic carbocycles. The number of methoxy groups -OCH3 is 2. The standard InChI is InChI=1S/C24H16Br2N4O3S/c1-32-18-5-3-13(25)7-12(18)8-20-23(31)30-22(29)16(10-27)21(17(11-28)24(30)34-20)15-9-14(26)4-6-19(15)33-2/h3-9,16,21,29H,1-2H3/b20-8-,29-22?. The molecule has 34 heavy (non-hydrogen) atoms. The van der Waals surface area contributed by atoms with Gasteiger partial charge in [0.15, 0.2) is 0 Å². The fourth-order valence-electron chi connectivity index (χ4n) is 3.97. The Hall–Kier alpha value is -3.18. The molecule has 2 unspecified atom stereocenters. The van der Waals surface area contributed by atoms with Gasteiger partial charge in [-0.1, -0.05) is 31.9 Å². The van der Waals surface area contributed by atoms with Crippen molar-refractivity contribution in [2.45, 2.75) is 5.92 Å². The van der Waals surface area contributed by atoms with Gasteiger partial charge in [-0.3, -0.25) is 14.8 Å². The van der Waals surface area contributed by atoms with Gasteiger partial charge in [-0.25, -0.2) is 0 Å². The van der Waals surface area contributed by atoms with Crippen LogP contribution in [-0.2, 0) is 0 Å². The van der Waals surface area contributed by atoms with Crippen molar-refractivity contribution in [1.82, 2.24) is 4.57 Å². The molecule has 7 nitrogen and oxygen atoms in total. The lowest BCUT2D eigenvalue weighted by Crippen LogP contribution is -2.45. The van der Waals surface area contributed by atoms with Gasteiger partial charge in [0.1, 0.15) is 27.9 Å². The minimum absolute atomic E-state index is 0.175. The van der Waals surface area contributed by atoms with Gasteiger partial charge in [0.2, 0.25) is 0 Å². The van der Waals surface area contributed by atoms with Crippen LogP contribution in [0.4, 0.5) is 0 Å². The lowest BCUT2D eigenvalue weighted by Gasteiger charge is -2.28. The molecule has 0 saturated heterocycles. The molecule has 3 aromatic rings. The molecule has 4 rings (SSSR count). The summed E-state index contributed by atoms with van der Waals surface area (Å²) in [7, 11) is 3.05. The van der Waals surface area contributed by atoms with Crippen LogP contribution in [0, 0.1) is 34.0 Å². The fraction of sp³-hybridized carbons (Fsp3) is 0.167. The van der Waals surface area contributed by atoms with Crippen molar-refractivity contribution < 1.29 is 9.47 Å². The van der Waals surface area contributed by atoms with Crippen molar-refractivity contribution in [2.75, 3.05) is 14.2 Å². The van der Waals surface area contributed by atoms with E-state index in [2.05, 4.69) is 44.0 Å². The van der Waals surface area contributed by atoms with E-state index in [1.165, 1.54) is 14.2 Å². The zero-order valence-electron chi connectivity index (χ0n) is 17.9. The number of thiazole rings is 1. The van der Waals surface area contributed by atoms with Gasteiger partial charge in [-0.2, -0.15) is 10.5 Å². The minimum atomic E-state index is -1.05. The molecule has 0 spiro atoms. The summed E-state index contributed by atoms with van der Waals surface area (Å²) in [5, 5.41) is 28.9. The predicted molar refractivity (Wildman–Crippen MR) is 137 cm³/mol. The number of nitrogens with one attached hydrogen (secondary N) is 1. The highest BCUT2D eigenvalue weighted by molar-refractivity contribution is 9.10. The molecule has 2 heterocycles. The van der Waals surface area contributed by atoms with Gasteiger partial charge in [0.25, 0.3) is 5.56 Å². The number of hydrogen-bond acceptors (Lipinski definition) is 7. The maximum atomic E-state index is 13.3. The van der Waals surface area contributed by atoms with E-state index in [0.717, 1.165) is 24.8 Å². The molecule has 2 atom stereocenters. The first-order valence-electron chi connectivity index (χ1n) is 9.87. The summed E-state index contributed by atoms with van der Waals surface area (Å²) in [6, 6.07) is 15.1. The van der Waals surface area contributed by atoms with Crippen LogP contribution in [0.15, 0.2) is 50.1 Å². The first-order chi connectivity index (χ1) is 16.3. The van der Waals surface area contributed by atoms with Gasteiger partial charge in [-0.15, -0.1) is 11.3 Å². The fourth-order valence-corrected chi connectivity index (χ4v) is 5.86. The van der Waals surface area contributed by atoms with Gasteiger partial charge >= 0.3 is 0 Å². The molecular weight excluding hydrogens is 584 g/mol. The summed E-state index contributed by atoms with van der Waals surface area (Å²) >= 11 is 7.97. The second kappa shape index (κ2) is 9.59. The van der Waals surface area contributed by atoms with Crippen molar-refractivity contribution in [3.05, 3.63) is 76.0 Å². The van der Waals surface area contributed by atoms with Crippen molar-refractivity contribution in [2.24, 2.45) is 5.92 Å². The number of nitriles is 2. The zero-order chi connectivity index (χ0) is 24.6. The van der Waals surface area contributed by atoms with Crippen molar-refractivity contribution in [1.29, 1.82) is 15.9 Å². The van der Waals surface area contributed by atoms with Crippen LogP contribution in [0.3, 0.4) is 0 Å². The van der Waals surface area contributed by atoms with E-state index in [-0.39, 0.29) is 11.4 Å². The molecule has 1 aliphatic rings. The smallest absolute Gasteiger partial charge is 0.274 e. The van der Waals surface area contributed by atoms with Crippen LogP contribution in [-0.4, -0.2) is 24.6 Å². The molecule has 1 aliphatic heterocycles. The number of rotatable bonds is 4. The lowest BCUT2D eigenvalue weighted by atomic mass is 9.79. The van der Waals surface area contributed by atoms with E-state index in [4.69, 9.17) is 14.9 Å². The SMILES string of the molecule is COc1ccc(Br)cc1/C=c1\sc2n(c1=O)C(=N)C(C#N)C(c1cc(Br)ccc1OC)C=2C#N. The molecule has 0 saturated carbocycles. The van der Waals surface area contributed by atoms with E-state index in [1.54, 1.807) is 30.3 Å². The summed E-state index contributed by atoms with van der Waals surface area (Å²) < 4.78 is 14.3. The topological polar surface area (TPSA) is 112 Å². The van der Waals surface area contributed by atoms with Crippen LogP contribution >= 0.6 is 43.2 Å². The van der Waals surface area contributed by atoms with Gasteiger partial charge in [-0.05, 0) is 42.5 Å². The molecule has 0 amide bonds. The van der Waals surface area contributed by atoms with Gasteiger partial charge < -0.3 is 9.47 Å². The molecule has 10 heteroatoms. The first-order valence-corrected chi connectivity index (χ1v) is 12.3. The summed E-state index contributed by atoms with van der Waals surface area (Å²) in [6.45, 7) is 0. The van der Waals surface area contributed by atoms with Crippen LogP contribution in [0.1, 0.15) is 17.0 Å². The molecule has 1 N–H and O–H groups in total. The Bertz CT molecular complexity index is 1590. The number of ether oxygens (including phenoxy) is 2. The summed E-state index contributed by atoms with van der Waals surface area (Å²) in [5.41, 5.74) is 1.04. The number of nitrogens with zero attached hydrogens (tertiary/aromatic N) is 3. The highest BCUT2D eigenvalue weighted by atomic mass is 79.9. The molecular formula is C24H16Br2N4O3S. The third-order valence-corrected chi connectivity index (χ3v) is 7.59. The van der Waals surface area contributed by atoms with Crippen molar-refractivity contribution in [3.63, 3.8) is 0 Å². The number of aromatic nitrogens is 1. The molecule has 0 radical (unpaired) electrons. The monoisotopic (exact) mass is 598 g/mol. The Morgan fingerprint density at radius 2 is 1.74 bits per heavy atom.